The second-order valence-electron chi connectivity index (χ2n) is 5.07. The Bertz CT molecular complexity index is 906. The number of rotatable bonds is 4. The van der Waals surface area contributed by atoms with Gasteiger partial charge in [0.2, 0.25) is 5.90 Å². The SMILES string of the molecule is COc1ccc(/C=C2\N=C(c3ccc(F)cc3F)OC2=O)c(OC)c1. The molecule has 0 atom stereocenters. The number of hydrogen-bond donors (Lipinski definition) is 0. The van der Waals surface area contributed by atoms with Gasteiger partial charge in [0.15, 0.2) is 5.70 Å². The smallest absolute Gasteiger partial charge is 0.363 e. The second kappa shape index (κ2) is 6.72. The normalized spacial score (nSPS) is 15.1. The van der Waals surface area contributed by atoms with Crippen LogP contribution in [0.4, 0.5) is 8.78 Å². The Balaban J connectivity index is 1.99. The molecule has 0 aliphatic carbocycles. The molecule has 0 amide bonds. The van der Waals surface area contributed by atoms with E-state index in [-0.39, 0.29) is 17.2 Å². The fourth-order valence-corrected chi connectivity index (χ4v) is 2.27. The summed E-state index contributed by atoms with van der Waals surface area (Å²) in [5, 5.41) is 0. The van der Waals surface area contributed by atoms with Gasteiger partial charge in [0.25, 0.3) is 0 Å². The fourth-order valence-electron chi connectivity index (χ4n) is 2.27. The van der Waals surface area contributed by atoms with E-state index in [9.17, 15) is 13.6 Å². The molecule has 1 aliphatic heterocycles. The lowest BCUT2D eigenvalue weighted by atomic mass is 10.1. The summed E-state index contributed by atoms with van der Waals surface area (Å²) in [6.45, 7) is 0. The molecule has 5 nitrogen and oxygen atoms in total. The van der Waals surface area contributed by atoms with Gasteiger partial charge in [-0.2, -0.15) is 0 Å². The van der Waals surface area contributed by atoms with Crippen molar-refractivity contribution in [1.82, 2.24) is 0 Å². The third-order valence-corrected chi connectivity index (χ3v) is 3.51. The predicted octanol–water partition coefficient (Wildman–Crippen LogP) is 3.33. The highest BCUT2D eigenvalue weighted by molar-refractivity contribution is 6.13. The minimum atomic E-state index is -0.866. The van der Waals surface area contributed by atoms with Crippen LogP contribution in [0.5, 0.6) is 11.5 Å². The van der Waals surface area contributed by atoms with Crippen molar-refractivity contribution >= 4 is 17.9 Å². The summed E-state index contributed by atoms with van der Waals surface area (Å²) in [5.41, 5.74) is 0.446. The van der Waals surface area contributed by atoms with E-state index in [2.05, 4.69) is 4.99 Å². The Morgan fingerprint density at radius 2 is 1.88 bits per heavy atom. The first-order valence-electron chi connectivity index (χ1n) is 7.22. The number of cyclic esters (lactones) is 1. The predicted molar refractivity (Wildman–Crippen MR) is 86.5 cm³/mol. The van der Waals surface area contributed by atoms with E-state index in [0.29, 0.717) is 23.1 Å². The highest BCUT2D eigenvalue weighted by Gasteiger charge is 2.26. The lowest BCUT2D eigenvalue weighted by Gasteiger charge is -2.07. The van der Waals surface area contributed by atoms with Crippen LogP contribution in [-0.2, 0) is 9.53 Å². The van der Waals surface area contributed by atoms with Crippen LogP contribution >= 0.6 is 0 Å². The van der Waals surface area contributed by atoms with E-state index in [0.717, 1.165) is 12.1 Å². The van der Waals surface area contributed by atoms with Crippen molar-refractivity contribution in [3.63, 3.8) is 0 Å². The molecular weight excluding hydrogens is 332 g/mol. The molecular formula is C18H13F2NO4. The maximum Gasteiger partial charge on any atom is 0.363 e. The molecule has 0 fully saturated rings. The Morgan fingerprint density at radius 1 is 1.08 bits per heavy atom. The minimum Gasteiger partial charge on any atom is -0.497 e. The van der Waals surface area contributed by atoms with Crippen molar-refractivity contribution < 1.29 is 27.8 Å². The molecule has 1 aliphatic rings. The molecule has 1 heterocycles. The molecule has 0 bridgehead atoms. The average molecular weight is 345 g/mol. The van der Waals surface area contributed by atoms with Gasteiger partial charge in [-0.15, -0.1) is 0 Å². The first kappa shape index (κ1) is 16.6. The molecule has 0 spiro atoms. The van der Waals surface area contributed by atoms with Crippen LogP contribution in [0.3, 0.4) is 0 Å². The molecule has 0 saturated heterocycles. The zero-order chi connectivity index (χ0) is 18.0. The van der Waals surface area contributed by atoms with Gasteiger partial charge >= 0.3 is 5.97 Å². The molecule has 0 N–H and O–H groups in total. The van der Waals surface area contributed by atoms with Gasteiger partial charge in [-0.3, -0.25) is 0 Å². The van der Waals surface area contributed by atoms with Gasteiger partial charge in [0.05, 0.1) is 19.8 Å². The third-order valence-electron chi connectivity index (χ3n) is 3.51. The van der Waals surface area contributed by atoms with Crippen LogP contribution in [0.1, 0.15) is 11.1 Å². The number of aliphatic imine (C=N–C) groups is 1. The highest BCUT2D eigenvalue weighted by atomic mass is 19.1. The molecule has 2 aromatic carbocycles. The summed E-state index contributed by atoms with van der Waals surface area (Å²) in [7, 11) is 3.00. The first-order valence-corrected chi connectivity index (χ1v) is 7.22. The summed E-state index contributed by atoms with van der Waals surface area (Å²) in [6.07, 6.45) is 1.45. The zero-order valence-corrected chi connectivity index (χ0v) is 13.4. The maximum absolute atomic E-state index is 13.8. The van der Waals surface area contributed by atoms with Crippen LogP contribution in [0.25, 0.3) is 6.08 Å². The van der Waals surface area contributed by atoms with Crippen LogP contribution < -0.4 is 9.47 Å². The van der Waals surface area contributed by atoms with E-state index in [4.69, 9.17) is 14.2 Å². The van der Waals surface area contributed by atoms with Gasteiger partial charge < -0.3 is 14.2 Å². The number of esters is 1. The summed E-state index contributed by atoms with van der Waals surface area (Å²) in [5.74, 6) is -1.50. The van der Waals surface area contributed by atoms with E-state index in [1.54, 1.807) is 18.2 Å². The lowest BCUT2D eigenvalue weighted by molar-refractivity contribution is -0.129. The van der Waals surface area contributed by atoms with Gasteiger partial charge in [-0.25, -0.2) is 18.6 Å². The van der Waals surface area contributed by atoms with Gasteiger partial charge in [-0.1, -0.05) is 0 Å². The van der Waals surface area contributed by atoms with Gasteiger partial charge in [-0.05, 0) is 30.3 Å². The minimum absolute atomic E-state index is 0.0257. The number of halogens is 2. The van der Waals surface area contributed by atoms with E-state index < -0.39 is 17.6 Å². The maximum atomic E-state index is 13.8. The standard InChI is InChI=1S/C18H13F2NO4/c1-23-12-5-3-10(16(9-12)24-2)7-15-18(22)25-17(21-15)13-6-4-11(19)8-14(13)20/h3-9H,1-2H3/b15-7-. The van der Waals surface area contributed by atoms with Gasteiger partial charge in [0.1, 0.15) is 23.1 Å². The number of carbonyl (C=O) groups excluding carboxylic acids is 1. The molecule has 3 rings (SSSR count). The number of benzene rings is 2. The van der Waals surface area contributed by atoms with E-state index in [1.165, 1.54) is 20.3 Å². The number of methoxy groups -OCH3 is 2. The molecule has 2 aromatic rings. The lowest BCUT2D eigenvalue weighted by Crippen LogP contribution is -2.07. The summed E-state index contributed by atoms with van der Waals surface area (Å²) >= 11 is 0. The largest absolute Gasteiger partial charge is 0.497 e. The van der Waals surface area contributed by atoms with Crippen molar-refractivity contribution in [2.75, 3.05) is 14.2 Å². The fraction of sp³-hybridized carbons (Fsp3) is 0.111. The molecule has 0 saturated carbocycles. The quantitative estimate of drug-likeness (QED) is 0.630. The van der Waals surface area contributed by atoms with Crippen molar-refractivity contribution in [3.8, 4) is 11.5 Å². The molecule has 0 radical (unpaired) electrons. The Labute approximate surface area is 142 Å². The summed E-state index contributed by atoms with van der Waals surface area (Å²) < 4.78 is 42.2. The Kier molecular flexibility index (Phi) is 4.47. The third kappa shape index (κ3) is 3.35. The zero-order valence-electron chi connectivity index (χ0n) is 13.4. The van der Waals surface area contributed by atoms with Crippen LogP contribution in [0, 0.1) is 11.6 Å². The topological polar surface area (TPSA) is 57.1 Å². The molecule has 7 heteroatoms. The number of nitrogens with zero attached hydrogens (tertiary/aromatic N) is 1. The van der Waals surface area contributed by atoms with E-state index >= 15 is 0 Å². The monoisotopic (exact) mass is 345 g/mol. The van der Waals surface area contributed by atoms with E-state index in [1.807, 2.05) is 0 Å². The van der Waals surface area contributed by atoms with Crippen LogP contribution in [-0.4, -0.2) is 26.1 Å². The first-order chi connectivity index (χ1) is 12.0. The molecule has 0 aromatic heterocycles. The van der Waals surface area contributed by atoms with Crippen molar-refractivity contribution in [3.05, 3.63) is 64.9 Å². The number of ether oxygens (including phenoxy) is 3. The Morgan fingerprint density at radius 3 is 2.56 bits per heavy atom. The van der Waals surface area contributed by atoms with Crippen molar-refractivity contribution in [1.29, 1.82) is 0 Å². The molecule has 0 unspecified atom stereocenters. The summed E-state index contributed by atoms with van der Waals surface area (Å²) in [4.78, 5) is 16.0. The van der Waals surface area contributed by atoms with Crippen LogP contribution in [0.2, 0.25) is 0 Å². The molecule has 25 heavy (non-hydrogen) atoms. The second-order valence-corrected chi connectivity index (χ2v) is 5.07. The van der Waals surface area contributed by atoms with Crippen molar-refractivity contribution in [2.24, 2.45) is 4.99 Å². The number of hydrogen-bond acceptors (Lipinski definition) is 5. The Hall–Kier alpha value is -3.22. The van der Waals surface area contributed by atoms with Crippen LogP contribution in [0.15, 0.2) is 47.1 Å². The van der Waals surface area contributed by atoms with Crippen molar-refractivity contribution in [2.45, 2.75) is 0 Å². The highest BCUT2D eigenvalue weighted by Crippen LogP contribution is 2.28. The van der Waals surface area contributed by atoms with Gasteiger partial charge in [0, 0.05) is 17.7 Å². The number of carbonyl (C=O) groups is 1. The summed E-state index contributed by atoms with van der Waals surface area (Å²) in [6, 6.07) is 7.94. The average Bonchev–Trinajstić information content (AvgIpc) is 2.95. The molecule has 128 valence electrons.